The average molecular weight is 303 g/mol. The van der Waals surface area contributed by atoms with Crippen LogP contribution in [0.5, 0.6) is 0 Å². The number of nitrogen functional groups attached to an aromatic ring is 1. The van der Waals surface area contributed by atoms with Crippen LogP contribution in [0, 0.1) is 0 Å². The van der Waals surface area contributed by atoms with Crippen molar-refractivity contribution in [2.75, 3.05) is 30.0 Å². The Kier molecular flexibility index (Phi) is 4.20. The first-order valence-electron chi connectivity index (χ1n) is 7.62. The van der Waals surface area contributed by atoms with Crippen molar-refractivity contribution in [2.45, 2.75) is 0 Å². The summed E-state index contributed by atoms with van der Waals surface area (Å²) in [5.41, 5.74) is 12.2. The topological polar surface area (TPSA) is 41.3 Å². The maximum atomic E-state index is 5.70. The van der Waals surface area contributed by atoms with Crippen molar-refractivity contribution in [1.82, 2.24) is 0 Å². The SMILES string of the molecule is CN(C)c1ccc(-c2ccc(Nc3ccc(N)cc3)cc2)cc1. The molecule has 0 bridgehead atoms. The van der Waals surface area contributed by atoms with Crippen LogP contribution in [0.15, 0.2) is 72.8 Å². The highest BCUT2D eigenvalue weighted by Crippen LogP contribution is 2.25. The van der Waals surface area contributed by atoms with Gasteiger partial charge < -0.3 is 16.0 Å². The van der Waals surface area contributed by atoms with Gasteiger partial charge in [-0.15, -0.1) is 0 Å². The number of benzene rings is 3. The van der Waals surface area contributed by atoms with E-state index in [1.54, 1.807) is 0 Å². The molecule has 116 valence electrons. The summed E-state index contributed by atoms with van der Waals surface area (Å²) in [5.74, 6) is 0. The largest absolute Gasteiger partial charge is 0.399 e. The molecule has 0 fully saturated rings. The average Bonchev–Trinajstić information content (AvgIpc) is 2.58. The van der Waals surface area contributed by atoms with Crippen LogP contribution in [0.2, 0.25) is 0 Å². The van der Waals surface area contributed by atoms with Gasteiger partial charge in [0.15, 0.2) is 0 Å². The second kappa shape index (κ2) is 6.44. The third-order valence-electron chi connectivity index (χ3n) is 3.80. The lowest BCUT2D eigenvalue weighted by atomic mass is 10.0. The van der Waals surface area contributed by atoms with Crippen molar-refractivity contribution in [3.63, 3.8) is 0 Å². The van der Waals surface area contributed by atoms with Crippen molar-refractivity contribution in [1.29, 1.82) is 0 Å². The fourth-order valence-electron chi connectivity index (χ4n) is 2.43. The number of hydrogen-bond acceptors (Lipinski definition) is 3. The summed E-state index contributed by atoms with van der Waals surface area (Å²) in [6.07, 6.45) is 0. The fourth-order valence-corrected chi connectivity index (χ4v) is 2.43. The molecule has 0 amide bonds. The van der Waals surface area contributed by atoms with Gasteiger partial charge in [-0.1, -0.05) is 24.3 Å². The molecule has 3 rings (SSSR count). The molecular formula is C20H21N3. The Balaban J connectivity index is 1.75. The predicted molar refractivity (Wildman–Crippen MR) is 100 cm³/mol. The molecule has 3 aromatic rings. The van der Waals surface area contributed by atoms with Crippen LogP contribution in [-0.4, -0.2) is 14.1 Å². The normalized spacial score (nSPS) is 10.3. The molecule has 0 aliphatic rings. The predicted octanol–water partition coefficient (Wildman–Crippen LogP) is 4.75. The van der Waals surface area contributed by atoms with Gasteiger partial charge in [0.25, 0.3) is 0 Å². The Morgan fingerprint density at radius 3 is 1.57 bits per heavy atom. The summed E-state index contributed by atoms with van der Waals surface area (Å²) in [5, 5.41) is 3.37. The first-order chi connectivity index (χ1) is 11.1. The number of nitrogens with one attached hydrogen (secondary N) is 1. The molecule has 0 aromatic heterocycles. The minimum absolute atomic E-state index is 0.770. The Hall–Kier alpha value is -2.94. The van der Waals surface area contributed by atoms with Crippen LogP contribution >= 0.6 is 0 Å². The number of hydrogen-bond donors (Lipinski definition) is 2. The molecule has 0 atom stereocenters. The second-order valence-corrected chi connectivity index (χ2v) is 5.77. The quantitative estimate of drug-likeness (QED) is 0.684. The van der Waals surface area contributed by atoms with E-state index in [9.17, 15) is 0 Å². The van der Waals surface area contributed by atoms with E-state index in [0.29, 0.717) is 0 Å². The van der Waals surface area contributed by atoms with Crippen LogP contribution in [-0.2, 0) is 0 Å². The number of rotatable bonds is 4. The maximum Gasteiger partial charge on any atom is 0.0385 e. The van der Waals surface area contributed by atoms with Crippen molar-refractivity contribution in [2.24, 2.45) is 0 Å². The van der Waals surface area contributed by atoms with Gasteiger partial charge in [-0.2, -0.15) is 0 Å². The van der Waals surface area contributed by atoms with Crippen molar-refractivity contribution < 1.29 is 0 Å². The van der Waals surface area contributed by atoms with Crippen LogP contribution in [0.25, 0.3) is 11.1 Å². The highest BCUT2D eigenvalue weighted by molar-refractivity contribution is 5.70. The summed E-state index contributed by atoms with van der Waals surface area (Å²) >= 11 is 0. The van der Waals surface area contributed by atoms with Gasteiger partial charge in [0.1, 0.15) is 0 Å². The first kappa shape index (κ1) is 15.0. The Morgan fingerprint density at radius 2 is 1.09 bits per heavy atom. The first-order valence-corrected chi connectivity index (χ1v) is 7.62. The van der Waals surface area contributed by atoms with Gasteiger partial charge in [-0.25, -0.2) is 0 Å². The Bertz CT molecular complexity index is 757. The highest BCUT2D eigenvalue weighted by atomic mass is 15.1. The molecule has 0 saturated heterocycles. The molecule has 0 aliphatic carbocycles. The standard InChI is InChI=1S/C20H21N3/c1-23(2)20-13-5-16(6-14-20)15-3-9-18(10-4-15)22-19-11-7-17(21)8-12-19/h3-14,22H,21H2,1-2H3. The van der Waals surface area contributed by atoms with E-state index in [1.807, 2.05) is 38.4 Å². The molecule has 0 saturated carbocycles. The summed E-state index contributed by atoms with van der Waals surface area (Å²) in [6.45, 7) is 0. The van der Waals surface area contributed by atoms with Gasteiger partial charge in [-0.05, 0) is 59.7 Å². The van der Waals surface area contributed by atoms with E-state index in [-0.39, 0.29) is 0 Å². The van der Waals surface area contributed by atoms with Crippen LogP contribution in [0.4, 0.5) is 22.7 Å². The lowest BCUT2D eigenvalue weighted by Crippen LogP contribution is -2.07. The van der Waals surface area contributed by atoms with E-state index < -0.39 is 0 Å². The third-order valence-corrected chi connectivity index (χ3v) is 3.80. The van der Waals surface area contributed by atoms with Crippen LogP contribution < -0.4 is 16.0 Å². The summed E-state index contributed by atoms with van der Waals surface area (Å²) < 4.78 is 0. The summed E-state index contributed by atoms with van der Waals surface area (Å²) in [6, 6.07) is 24.7. The summed E-state index contributed by atoms with van der Waals surface area (Å²) in [4.78, 5) is 2.10. The third kappa shape index (κ3) is 3.64. The van der Waals surface area contributed by atoms with Crippen molar-refractivity contribution in [3.05, 3.63) is 72.8 Å². The second-order valence-electron chi connectivity index (χ2n) is 5.77. The fraction of sp³-hybridized carbons (Fsp3) is 0.100. The lowest BCUT2D eigenvalue weighted by Gasteiger charge is -2.13. The summed E-state index contributed by atoms with van der Waals surface area (Å²) in [7, 11) is 4.10. The zero-order valence-corrected chi connectivity index (χ0v) is 13.5. The number of nitrogens with zero attached hydrogens (tertiary/aromatic N) is 1. The van der Waals surface area contributed by atoms with Gasteiger partial charge in [0, 0.05) is 36.8 Å². The molecule has 3 aromatic carbocycles. The van der Waals surface area contributed by atoms with E-state index in [0.717, 1.165) is 17.1 Å². The maximum absolute atomic E-state index is 5.70. The Morgan fingerprint density at radius 1 is 0.652 bits per heavy atom. The van der Waals surface area contributed by atoms with Gasteiger partial charge >= 0.3 is 0 Å². The van der Waals surface area contributed by atoms with Gasteiger partial charge in [0.2, 0.25) is 0 Å². The van der Waals surface area contributed by atoms with E-state index >= 15 is 0 Å². The zero-order chi connectivity index (χ0) is 16.2. The van der Waals surface area contributed by atoms with Gasteiger partial charge in [0.05, 0.1) is 0 Å². The van der Waals surface area contributed by atoms with Crippen molar-refractivity contribution >= 4 is 22.7 Å². The molecule has 23 heavy (non-hydrogen) atoms. The number of anilines is 4. The molecule has 0 heterocycles. The highest BCUT2D eigenvalue weighted by Gasteiger charge is 2.00. The number of nitrogens with two attached hydrogens (primary N) is 1. The molecular weight excluding hydrogens is 282 g/mol. The Labute approximate surface area is 137 Å². The van der Waals surface area contributed by atoms with E-state index in [2.05, 4.69) is 58.7 Å². The minimum Gasteiger partial charge on any atom is -0.399 e. The van der Waals surface area contributed by atoms with E-state index in [4.69, 9.17) is 5.73 Å². The molecule has 0 unspecified atom stereocenters. The molecule has 3 heteroatoms. The van der Waals surface area contributed by atoms with Crippen LogP contribution in [0.1, 0.15) is 0 Å². The molecule has 0 radical (unpaired) electrons. The van der Waals surface area contributed by atoms with Crippen molar-refractivity contribution in [3.8, 4) is 11.1 Å². The minimum atomic E-state index is 0.770. The van der Waals surface area contributed by atoms with E-state index in [1.165, 1.54) is 16.8 Å². The van der Waals surface area contributed by atoms with Gasteiger partial charge in [-0.3, -0.25) is 0 Å². The zero-order valence-electron chi connectivity index (χ0n) is 13.5. The van der Waals surface area contributed by atoms with Crippen LogP contribution in [0.3, 0.4) is 0 Å². The smallest absolute Gasteiger partial charge is 0.0385 e. The molecule has 0 spiro atoms. The molecule has 0 aliphatic heterocycles. The molecule has 3 nitrogen and oxygen atoms in total. The molecule has 3 N–H and O–H groups in total. The monoisotopic (exact) mass is 303 g/mol. The lowest BCUT2D eigenvalue weighted by molar-refractivity contribution is 1.13.